The first-order valence-corrected chi connectivity index (χ1v) is 11.5. The van der Waals surface area contributed by atoms with E-state index in [1.807, 2.05) is 6.07 Å². The zero-order chi connectivity index (χ0) is 22.6. The van der Waals surface area contributed by atoms with Crippen molar-refractivity contribution in [1.82, 2.24) is 4.57 Å². The van der Waals surface area contributed by atoms with Gasteiger partial charge in [-0.2, -0.15) is 0 Å². The number of benzene rings is 1. The number of nitrogens with zero attached hydrogens (tertiary/aromatic N) is 1. The average molecular weight is 440 g/mol. The second kappa shape index (κ2) is 7.73. The lowest BCUT2D eigenvalue weighted by atomic mass is 9.75. The predicted octanol–water partition coefficient (Wildman–Crippen LogP) is 3.95. The molecule has 1 aromatic heterocycles. The minimum atomic E-state index is -0.802. The van der Waals surface area contributed by atoms with Crippen molar-refractivity contribution in [1.29, 1.82) is 0 Å². The molecule has 1 aliphatic heterocycles. The molecule has 0 bridgehead atoms. The van der Waals surface area contributed by atoms with Crippen LogP contribution < -0.4 is 11.1 Å². The van der Waals surface area contributed by atoms with Crippen LogP contribution in [0.15, 0.2) is 12.1 Å². The molecule has 3 N–H and O–H groups in total. The Morgan fingerprint density at radius 1 is 1.22 bits per heavy atom. The Morgan fingerprint density at radius 2 is 2.00 bits per heavy atom. The van der Waals surface area contributed by atoms with E-state index in [4.69, 9.17) is 10.5 Å². The lowest BCUT2D eigenvalue weighted by Gasteiger charge is -2.30. The lowest BCUT2D eigenvalue weighted by molar-refractivity contribution is 0.0909. The van der Waals surface area contributed by atoms with E-state index >= 15 is 4.39 Å². The number of aromatic nitrogens is 1. The van der Waals surface area contributed by atoms with Gasteiger partial charge in [0.05, 0.1) is 29.6 Å². The predicted molar refractivity (Wildman–Crippen MR) is 120 cm³/mol. The Bertz CT molecular complexity index is 1110. The zero-order valence-corrected chi connectivity index (χ0v) is 18.7. The molecule has 0 radical (unpaired) electrons. The molecule has 1 fully saturated rings. The van der Waals surface area contributed by atoms with Crippen LogP contribution in [0.25, 0.3) is 5.69 Å². The summed E-state index contributed by atoms with van der Waals surface area (Å²) in [5, 5.41) is 3.27. The van der Waals surface area contributed by atoms with Gasteiger partial charge in [-0.05, 0) is 61.6 Å². The summed E-state index contributed by atoms with van der Waals surface area (Å²) in [5.41, 5.74) is 10.3. The summed E-state index contributed by atoms with van der Waals surface area (Å²) >= 11 is 0. The number of carbonyl (C=O) groups is 2. The van der Waals surface area contributed by atoms with Gasteiger partial charge in [0.25, 0.3) is 5.91 Å². The Kier molecular flexibility index (Phi) is 5.12. The molecular formula is C25H30FN3O3. The minimum Gasteiger partial charge on any atom is -0.379 e. The molecule has 6 nitrogen and oxygen atoms in total. The van der Waals surface area contributed by atoms with Crippen LogP contribution in [-0.2, 0) is 24.0 Å². The van der Waals surface area contributed by atoms with Gasteiger partial charge in [-0.25, -0.2) is 4.39 Å². The summed E-state index contributed by atoms with van der Waals surface area (Å²) in [7, 11) is 0. The van der Waals surface area contributed by atoms with Crippen molar-refractivity contribution in [3.05, 3.63) is 46.0 Å². The number of ketones is 1. The highest BCUT2D eigenvalue weighted by molar-refractivity contribution is 6.01. The van der Waals surface area contributed by atoms with Crippen LogP contribution in [0.2, 0.25) is 0 Å². The molecule has 0 saturated carbocycles. The number of Topliss-reactive ketones (excluding diaryl/α,β-unsaturated/α-hetero) is 1. The Labute approximate surface area is 187 Å². The van der Waals surface area contributed by atoms with Crippen molar-refractivity contribution in [2.45, 2.75) is 64.8 Å². The highest BCUT2D eigenvalue weighted by Gasteiger charge is 2.38. The number of halogens is 1. The van der Waals surface area contributed by atoms with Crippen LogP contribution in [-0.4, -0.2) is 35.5 Å². The van der Waals surface area contributed by atoms with Gasteiger partial charge in [0.15, 0.2) is 5.78 Å². The summed E-state index contributed by atoms with van der Waals surface area (Å²) in [6.45, 7) is 5.34. The van der Waals surface area contributed by atoms with Crippen molar-refractivity contribution >= 4 is 17.4 Å². The molecule has 2 heterocycles. The summed E-state index contributed by atoms with van der Waals surface area (Å²) in [4.78, 5) is 25.2. The van der Waals surface area contributed by atoms with Crippen molar-refractivity contribution in [3.8, 4) is 5.69 Å². The highest BCUT2D eigenvalue weighted by Crippen LogP contribution is 2.42. The molecule has 1 amide bonds. The molecule has 0 unspecified atom stereocenters. The van der Waals surface area contributed by atoms with Crippen molar-refractivity contribution in [2.75, 3.05) is 18.5 Å². The molecule has 0 spiro atoms. The maximum absolute atomic E-state index is 15.3. The first-order valence-electron chi connectivity index (χ1n) is 11.5. The molecular weight excluding hydrogens is 409 g/mol. The number of amides is 1. The molecule has 1 atom stereocenters. The largest absolute Gasteiger partial charge is 0.379 e. The van der Waals surface area contributed by atoms with Gasteiger partial charge in [-0.1, -0.05) is 13.8 Å². The molecule has 32 heavy (non-hydrogen) atoms. The van der Waals surface area contributed by atoms with Crippen molar-refractivity contribution in [2.24, 2.45) is 11.1 Å². The lowest BCUT2D eigenvalue weighted by Crippen LogP contribution is -2.28. The van der Waals surface area contributed by atoms with Crippen LogP contribution in [0.3, 0.4) is 0 Å². The van der Waals surface area contributed by atoms with E-state index in [1.165, 1.54) is 6.07 Å². The highest BCUT2D eigenvalue weighted by atomic mass is 19.1. The number of primary amides is 1. The van der Waals surface area contributed by atoms with Crippen molar-refractivity contribution in [3.63, 3.8) is 0 Å². The Balaban J connectivity index is 1.70. The normalized spacial score (nSPS) is 21.8. The number of hydrogen-bond acceptors (Lipinski definition) is 4. The summed E-state index contributed by atoms with van der Waals surface area (Å²) < 4.78 is 22.8. The van der Waals surface area contributed by atoms with Crippen LogP contribution in [0.5, 0.6) is 0 Å². The van der Waals surface area contributed by atoms with Crippen LogP contribution >= 0.6 is 0 Å². The molecule has 2 aromatic rings. The number of rotatable bonds is 4. The number of anilines is 1. The third-order valence-electron chi connectivity index (χ3n) is 7.00. The molecule has 1 saturated heterocycles. The quantitative estimate of drug-likeness (QED) is 0.755. The fourth-order valence-electron chi connectivity index (χ4n) is 5.66. The first-order chi connectivity index (χ1) is 15.2. The minimum absolute atomic E-state index is 0.00393. The first kappa shape index (κ1) is 21.2. The SMILES string of the molecule is CC1(C)CC(=O)c2c3c(n(-c4cc(F)c(C(N)=O)c(N[C@H]5CCOC5)c4)c2C1)CCCC3. The van der Waals surface area contributed by atoms with Crippen LogP contribution in [0.1, 0.15) is 77.2 Å². The number of fused-ring (bicyclic) bond motifs is 3. The van der Waals surface area contributed by atoms with E-state index in [2.05, 4.69) is 23.7 Å². The number of ether oxygens (including phenoxy) is 1. The average Bonchev–Trinajstić information content (AvgIpc) is 3.31. The number of nitrogens with one attached hydrogen (secondary N) is 1. The zero-order valence-electron chi connectivity index (χ0n) is 18.7. The van der Waals surface area contributed by atoms with Gasteiger partial charge < -0.3 is 20.4 Å². The summed E-state index contributed by atoms with van der Waals surface area (Å²) in [6.07, 6.45) is 5.89. The molecule has 7 heteroatoms. The van der Waals surface area contributed by atoms with Gasteiger partial charge in [0, 0.05) is 30.0 Å². The number of carbonyl (C=O) groups excluding carboxylic acids is 2. The van der Waals surface area contributed by atoms with Gasteiger partial charge in [-0.15, -0.1) is 0 Å². The number of nitrogens with two attached hydrogens (primary N) is 1. The molecule has 2 aliphatic carbocycles. The molecule has 5 rings (SSSR count). The van der Waals surface area contributed by atoms with Gasteiger partial charge in [0.1, 0.15) is 5.82 Å². The Hall–Kier alpha value is -2.67. The van der Waals surface area contributed by atoms with E-state index in [0.29, 0.717) is 31.0 Å². The third-order valence-corrected chi connectivity index (χ3v) is 7.00. The monoisotopic (exact) mass is 439 g/mol. The summed E-state index contributed by atoms with van der Waals surface area (Å²) in [6, 6.07) is 3.19. The van der Waals surface area contributed by atoms with Crippen LogP contribution in [0.4, 0.5) is 10.1 Å². The maximum atomic E-state index is 15.3. The van der Waals surface area contributed by atoms with Gasteiger partial charge in [-0.3, -0.25) is 9.59 Å². The number of hydrogen-bond donors (Lipinski definition) is 2. The fourth-order valence-corrected chi connectivity index (χ4v) is 5.66. The van der Waals surface area contributed by atoms with Crippen LogP contribution in [0, 0.1) is 11.2 Å². The summed E-state index contributed by atoms with van der Waals surface area (Å²) in [5.74, 6) is -1.27. The second-order valence-electron chi connectivity index (χ2n) is 10.1. The van der Waals surface area contributed by atoms with E-state index < -0.39 is 11.7 Å². The smallest absolute Gasteiger partial charge is 0.253 e. The van der Waals surface area contributed by atoms with Gasteiger partial charge in [0.2, 0.25) is 0 Å². The molecule has 3 aliphatic rings. The van der Waals surface area contributed by atoms with E-state index in [1.54, 1.807) is 0 Å². The third kappa shape index (κ3) is 3.52. The van der Waals surface area contributed by atoms with E-state index in [-0.39, 0.29) is 22.8 Å². The van der Waals surface area contributed by atoms with E-state index in [9.17, 15) is 9.59 Å². The maximum Gasteiger partial charge on any atom is 0.253 e. The molecule has 1 aromatic carbocycles. The fraction of sp³-hybridized carbons (Fsp3) is 0.520. The molecule has 170 valence electrons. The van der Waals surface area contributed by atoms with Gasteiger partial charge >= 0.3 is 0 Å². The topological polar surface area (TPSA) is 86.4 Å². The second-order valence-corrected chi connectivity index (χ2v) is 10.1. The van der Waals surface area contributed by atoms with Crippen molar-refractivity contribution < 1.29 is 18.7 Å². The standard InChI is InChI=1S/C25H30FN3O3/c1-25(2)11-20-22(21(30)12-25)16-5-3-4-6-19(16)29(20)15-9-17(26)23(24(27)31)18(10-15)28-14-7-8-32-13-14/h9-10,14,28H,3-8,11-13H2,1-2H3,(H2,27,31)/t14-/m0/s1. The Morgan fingerprint density at radius 3 is 2.72 bits per heavy atom. The van der Waals surface area contributed by atoms with E-state index in [0.717, 1.165) is 61.0 Å².